The molecule has 1 N–H and O–H groups in total. The van der Waals surface area contributed by atoms with Crippen LogP contribution in [0.5, 0.6) is 5.75 Å². The first kappa shape index (κ1) is 23.3. The van der Waals surface area contributed by atoms with Crippen LogP contribution in [0.3, 0.4) is 0 Å². The maximum absolute atomic E-state index is 13.9. The molecule has 0 fully saturated rings. The number of aromatic nitrogens is 2. The average Bonchev–Trinajstić information content (AvgIpc) is 3.45. The molecular weight excluding hydrogens is 485 g/mol. The van der Waals surface area contributed by atoms with Crippen LogP contribution in [-0.4, -0.2) is 15.7 Å². The van der Waals surface area contributed by atoms with E-state index in [9.17, 15) is 26.7 Å². The smallest absolute Gasteiger partial charge is 0.292 e. The number of rotatable bonds is 7. The van der Waals surface area contributed by atoms with E-state index in [1.54, 1.807) is 0 Å². The summed E-state index contributed by atoms with van der Waals surface area (Å²) in [5, 5.41) is 6.80. The molecule has 34 heavy (non-hydrogen) atoms. The van der Waals surface area contributed by atoms with Gasteiger partial charge in [0, 0.05) is 28.9 Å². The van der Waals surface area contributed by atoms with E-state index in [1.807, 2.05) is 0 Å². The van der Waals surface area contributed by atoms with E-state index in [0.717, 1.165) is 0 Å². The maximum atomic E-state index is 13.9. The first-order valence-corrected chi connectivity index (χ1v) is 9.93. The predicted octanol–water partition coefficient (Wildman–Crippen LogP) is 5.70. The third-order valence-corrected chi connectivity index (χ3v) is 4.93. The van der Waals surface area contributed by atoms with E-state index in [4.69, 9.17) is 20.8 Å². The number of hydrogen-bond donors (Lipinski definition) is 1. The molecule has 4 rings (SSSR count). The van der Waals surface area contributed by atoms with Crippen molar-refractivity contribution in [3.63, 3.8) is 0 Å². The molecule has 2 heterocycles. The summed E-state index contributed by atoms with van der Waals surface area (Å²) in [5.41, 5.74) is 0.229. The molecule has 12 heteroatoms. The van der Waals surface area contributed by atoms with Crippen LogP contribution >= 0.6 is 11.6 Å². The Bertz CT molecular complexity index is 1330. The number of ether oxygens (including phenoxy) is 1. The second-order valence-electron chi connectivity index (χ2n) is 6.90. The summed E-state index contributed by atoms with van der Waals surface area (Å²) < 4.78 is 79.2. The van der Waals surface area contributed by atoms with Crippen LogP contribution in [-0.2, 0) is 13.2 Å². The van der Waals surface area contributed by atoms with Gasteiger partial charge in [-0.1, -0.05) is 17.7 Å². The fourth-order valence-electron chi connectivity index (χ4n) is 2.94. The van der Waals surface area contributed by atoms with Gasteiger partial charge in [0.2, 0.25) is 11.6 Å². The van der Waals surface area contributed by atoms with Crippen molar-refractivity contribution in [1.29, 1.82) is 0 Å². The van der Waals surface area contributed by atoms with Crippen LogP contribution in [0.2, 0.25) is 5.02 Å². The molecule has 0 aliphatic carbocycles. The maximum Gasteiger partial charge on any atom is 0.292 e. The van der Waals surface area contributed by atoms with Crippen molar-refractivity contribution in [2.24, 2.45) is 0 Å². The summed E-state index contributed by atoms with van der Waals surface area (Å²) >= 11 is 6.00. The van der Waals surface area contributed by atoms with Gasteiger partial charge in [-0.05, 0) is 24.3 Å². The molecule has 0 aliphatic heterocycles. The van der Waals surface area contributed by atoms with Gasteiger partial charge in [-0.25, -0.2) is 13.2 Å². The Morgan fingerprint density at radius 2 is 1.76 bits per heavy atom. The summed E-state index contributed by atoms with van der Waals surface area (Å²) in [4.78, 5) is 12.4. The molecule has 0 aliphatic rings. The van der Waals surface area contributed by atoms with Crippen LogP contribution in [0.4, 0.5) is 27.8 Å². The average molecular weight is 498 g/mol. The lowest BCUT2D eigenvalue weighted by molar-refractivity contribution is 0.0991. The van der Waals surface area contributed by atoms with Gasteiger partial charge in [0.15, 0.2) is 29.0 Å². The Morgan fingerprint density at radius 1 is 1.03 bits per heavy atom. The Balaban J connectivity index is 1.39. The zero-order chi connectivity index (χ0) is 24.4. The van der Waals surface area contributed by atoms with Crippen molar-refractivity contribution in [2.45, 2.75) is 13.2 Å². The number of anilines is 1. The first-order valence-electron chi connectivity index (χ1n) is 9.55. The van der Waals surface area contributed by atoms with Crippen molar-refractivity contribution in [1.82, 2.24) is 9.78 Å². The number of benzene rings is 2. The highest BCUT2D eigenvalue weighted by Crippen LogP contribution is 2.27. The molecule has 6 nitrogen and oxygen atoms in total. The highest BCUT2D eigenvalue weighted by molar-refractivity contribution is 6.31. The molecule has 2 aromatic carbocycles. The topological polar surface area (TPSA) is 69.3 Å². The molecule has 0 unspecified atom stereocenters. The van der Waals surface area contributed by atoms with Gasteiger partial charge in [0.05, 0.1) is 6.54 Å². The number of halogens is 6. The SMILES string of the molecule is O=C(Nc1ccn(Cc2c(F)cccc2Cl)n1)c1ccc(COc2c(F)c(F)cc(F)c2F)o1. The minimum absolute atomic E-state index is 0.0252. The van der Waals surface area contributed by atoms with Crippen LogP contribution < -0.4 is 10.1 Å². The molecule has 0 bridgehead atoms. The second kappa shape index (κ2) is 9.56. The van der Waals surface area contributed by atoms with Gasteiger partial charge in [0.25, 0.3) is 5.91 Å². The summed E-state index contributed by atoms with van der Waals surface area (Å²) in [5.74, 6) is -9.22. The Labute approximate surface area is 193 Å². The summed E-state index contributed by atoms with van der Waals surface area (Å²) in [6.07, 6.45) is 1.50. The van der Waals surface area contributed by atoms with Gasteiger partial charge in [0.1, 0.15) is 18.2 Å². The number of nitrogens with one attached hydrogen (secondary N) is 1. The number of amides is 1. The van der Waals surface area contributed by atoms with Crippen molar-refractivity contribution in [3.05, 3.63) is 99.9 Å². The van der Waals surface area contributed by atoms with Gasteiger partial charge >= 0.3 is 0 Å². The van der Waals surface area contributed by atoms with Gasteiger partial charge in [-0.2, -0.15) is 13.9 Å². The third kappa shape index (κ3) is 4.88. The predicted molar refractivity (Wildman–Crippen MR) is 110 cm³/mol. The minimum Gasteiger partial charge on any atom is -0.479 e. The molecule has 1 amide bonds. The van der Waals surface area contributed by atoms with E-state index in [-0.39, 0.29) is 40.5 Å². The normalized spacial score (nSPS) is 11.0. The molecule has 0 saturated carbocycles. The van der Waals surface area contributed by atoms with Crippen LogP contribution in [0, 0.1) is 29.1 Å². The standard InChI is InChI=1S/C22H13ClF5N3O3/c23-13-2-1-3-14(24)12(13)9-31-7-6-18(30-31)29-22(32)17-5-4-11(34-17)10-33-21-19(27)15(25)8-16(26)20(21)28/h1-8H,9-10H2,(H,29,30,32). The summed E-state index contributed by atoms with van der Waals surface area (Å²) in [6, 6.07) is 8.32. The van der Waals surface area contributed by atoms with E-state index in [1.165, 1.54) is 47.3 Å². The molecular formula is C22H13ClF5N3O3. The van der Waals surface area contributed by atoms with E-state index in [0.29, 0.717) is 0 Å². The largest absolute Gasteiger partial charge is 0.479 e. The second-order valence-corrected chi connectivity index (χ2v) is 7.31. The molecule has 0 atom stereocenters. The number of carbonyl (C=O) groups excluding carboxylic acids is 1. The Morgan fingerprint density at radius 3 is 2.47 bits per heavy atom. The van der Waals surface area contributed by atoms with E-state index >= 15 is 0 Å². The highest BCUT2D eigenvalue weighted by atomic mass is 35.5. The van der Waals surface area contributed by atoms with Crippen LogP contribution in [0.1, 0.15) is 21.9 Å². The van der Waals surface area contributed by atoms with Gasteiger partial charge in [-0.3, -0.25) is 9.48 Å². The molecule has 0 radical (unpaired) electrons. The number of carbonyl (C=O) groups is 1. The van der Waals surface area contributed by atoms with Crippen LogP contribution in [0.25, 0.3) is 0 Å². The Hall–Kier alpha value is -3.86. The zero-order valence-electron chi connectivity index (χ0n) is 16.9. The van der Waals surface area contributed by atoms with Gasteiger partial charge < -0.3 is 14.5 Å². The monoisotopic (exact) mass is 497 g/mol. The van der Waals surface area contributed by atoms with Gasteiger partial charge in [-0.15, -0.1) is 0 Å². The Kier molecular flexibility index (Phi) is 6.55. The quantitative estimate of drug-likeness (QED) is 0.262. The van der Waals surface area contributed by atoms with Crippen molar-refractivity contribution >= 4 is 23.3 Å². The van der Waals surface area contributed by atoms with Crippen LogP contribution in [0.15, 0.2) is 53.1 Å². The molecule has 4 aromatic rings. The highest BCUT2D eigenvalue weighted by Gasteiger charge is 2.21. The lowest BCUT2D eigenvalue weighted by Gasteiger charge is -2.08. The molecule has 176 valence electrons. The minimum atomic E-state index is -1.70. The van der Waals surface area contributed by atoms with E-state index < -0.39 is 47.3 Å². The number of nitrogens with zero attached hydrogens (tertiary/aromatic N) is 2. The van der Waals surface area contributed by atoms with Crippen molar-refractivity contribution < 1.29 is 35.9 Å². The fraction of sp³-hybridized carbons (Fsp3) is 0.0909. The third-order valence-electron chi connectivity index (χ3n) is 4.58. The molecule has 0 spiro atoms. The number of furan rings is 1. The number of hydrogen-bond acceptors (Lipinski definition) is 4. The first-order chi connectivity index (χ1) is 16.2. The lowest BCUT2D eigenvalue weighted by Crippen LogP contribution is -2.12. The van der Waals surface area contributed by atoms with Crippen molar-refractivity contribution in [2.75, 3.05) is 5.32 Å². The molecule has 2 aromatic heterocycles. The van der Waals surface area contributed by atoms with Crippen molar-refractivity contribution in [3.8, 4) is 5.75 Å². The fourth-order valence-corrected chi connectivity index (χ4v) is 3.16. The molecule has 0 saturated heterocycles. The lowest BCUT2D eigenvalue weighted by atomic mass is 10.2. The summed E-state index contributed by atoms with van der Waals surface area (Å²) in [6.45, 7) is -0.584. The zero-order valence-corrected chi connectivity index (χ0v) is 17.7. The van der Waals surface area contributed by atoms with E-state index in [2.05, 4.69) is 10.4 Å². The summed E-state index contributed by atoms with van der Waals surface area (Å²) in [7, 11) is 0.